The van der Waals surface area contributed by atoms with E-state index in [0.717, 1.165) is 13.0 Å². The van der Waals surface area contributed by atoms with Crippen LogP contribution >= 0.6 is 0 Å². The van der Waals surface area contributed by atoms with Gasteiger partial charge in [-0.3, -0.25) is 4.79 Å². The molecule has 0 aromatic heterocycles. The Morgan fingerprint density at radius 2 is 1.70 bits per heavy atom. The molecule has 0 saturated carbocycles. The molecule has 4 nitrogen and oxygen atoms in total. The molecule has 134 valence electrons. The molecule has 0 aliphatic rings. The summed E-state index contributed by atoms with van der Waals surface area (Å²) in [5.41, 5.74) is 0.459. The Morgan fingerprint density at radius 1 is 1.13 bits per heavy atom. The van der Waals surface area contributed by atoms with Crippen molar-refractivity contribution in [3.8, 4) is 0 Å². The van der Waals surface area contributed by atoms with Crippen molar-refractivity contribution in [1.29, 1.82) is 0 Å². The van der Waals surface area contributed by atoms with Gasteiger partial charge in [0.05, 0.1) is 6.61 Å². The molecule has 4 heteroatoms. The van der Waals surface area contributed by atoms with Crippen molar-refractivity contribution in [2.75, 3.05) is 13.2 Å². The molecule has 0 saturated heterocycles. The van der Waals surface area contributed by atoms with E-state index in [2.05, 4.69) is 25.4 Å². The molecule has 0 unspecified atom stereocenters. The number of ether oxygens (including phenoxy) is 1. The van der Waals surface area contributed by atoms with Gasteiger partial charge in [-0.05, 0) is 25.3 Å². The third kappa shape index (κ3) is 20.4. The van der Waals surface area contributed by atoms with Crippen molar-refractivity contribution in [3.63, 3.8) is 0 Å². The minimum Gasteiger partial charge on any atom is -0.462 e. The van der Waals surface area contributed by atoms with Crippen LogP contribution in [0.5, 0.6) is 0 Å². The number of esters is 1. The van der Waals surface area contributed by atoms with E-state index < -0.39 is 0 Å². The zero-order chi connectivity index (χ0) is 18.1. The first kappa shape index (κ1) is 23.7. The van der Waals surface area contributed by atoms with E-state index in [-0.39, 0.29) is 11.9 Å². The van der Waals surface area contributed by atoms with Crippen LogP contribution in [-0.4, -0.2) is 25.0 Å². The summed E-state index contributed by atoms with van der Waals surface area (Å²) < 4.78 is 4.83. The first-order chi connectivity index (χ1) is 10.8. The highest BCUT2D eigenvalue weighted by atomic mass is 16.5. The molecule has 0 fully saturated rings. The van der Waals surface area contributed by atoms with Crippen LogP contribution in [0.1, 0.15) is 66.2 Å². The van der Waals surface area contributed by atoms with Crippen LogP contribution in [-0.2, 0) is 14.3 Å². The minimum absolute atomic E-state index is 0.0615. The number of carbonyl (C=O) groups is 2. The standard InChI is InChI=1S/C11H21NO.C8H14O2/c1-3-5-6-7-8-9-10-12-11(13)4-2;1-6(2)5-10-8(9)7(3)4/h4H,2-3,5-10H2,1H3,(H,12,13);6H,3,5H2,1-2,4H3. The van der Waals surface area contributed by atoms with E-state index in [1.807, 2.05) is 13.8 Å². The van der Waals surface area contributed by atoms with Gasteiger partial charge in [-0.1, -0.05) is 66.0 Å². The lowest BCUT2D eigenvalue weighted by Crippen LogP contribution is -2.21. The summed E-state index contributed by atoms with van der Waals surface area (Å²) in [5, 5.41) is 2.77. The van der Waals surface area contributed by atoms with E-state index in [1.54, 1.807) is 6.92 Å². The van der Waals surface area contributed by atoms with Crippen LogP contribution in [0.2, 0.25) is 0 Å². The fourth-order valence-electron chi connectivity index (χ4n) is 1.55. The van der Waals surface area contributed by atoms with Gasteiger partial charge in [-0.25, -0.2) is 4.79 Å². The Hall–Kier alpha value is -1.58. The molecule has 0 rings (SSSR count). The molecule has 0 radical (unpaired) electrons. The van der Waals surface area contributed by atoms with Crippen molar-refractivity contribution < 1.29 is 14.3 Å². The number of nitrogens with one attached hydrogen (secondary N) is 1. The van der Waals surface area contributed by atoms with Crippen molar-refractivity contribution in [2.24, 2.45) is 5.92 Å². The topological polar surface area (TPSA) is 55.4 Å². The highest BCUT2D eigenvalue weighted by Crippen LogP contribution is 2.03. The SMILES string of the molecule is C=C(C)C(=O)OCC(C)C.C=CC(=O)NCCCCCCCC. The molecule has 1 amide bonds. The summed E-state index contributed by atoms with van der Waals surface area (Å²) in [7, 11) is 0. The Kier molecular flexibility index (Phi) is 17.3. The van der Waals surface area contributed by atoms with Gasteiger partial charge in [-0.2, -0.15) is 0 Å². The molecular weight excluding hydrogens is 290 g/mol. The molecule has 0 aromatic rings. The highest BCUT2D eigenvalue weighted by molar-refractivity contribution is 5.87. The van der Waals surface area contributed by atoms with Crippen LogP contribution in [0.3, 0.4) is 0 Å². The van der Waals surface area contributed by atoms with Gasteiger partial charge in [0, 0.05) is 12.1 Å². The van der Waals surface area contributed by atoms with Crippen molar-refractivity contribution in [2.45, 2.75) is 66.2 Å². The first-order valence-electron chi connectivity index (χ1n) is 8.58. The molecule has 0 aliphatic heterocycles. The summed E-state index contributed by atoms with van der Waals surface area (Å²) in [5.74, 6) is 0.0329. The fraction of sp³-hybridized carbons (Fsp3) is 0.684. The van der Waals surface area contributed by atoms with E-state index >= 15 is 0 Å². The zero-order valence-corrected chi connectivity index (χ0v) is 15.5. The second-order valence-corrected chi connectivity index (χ2v) is 6.04. The Balaban J connectivity index is 0. The van der Waals surface area contributed by atoms with E-state index in [9.17, 15) is 9.59 Å². The van der Waals surface area contributed by atoms with Gasteiger partial charge in [0.2, 0.25) is 5.91 Å². The van der Waals surface area contributed by atoms with Gasteiger partial charge in [0.15, 0.2) is 0 Å². The quantitative estimate of drug-likeness (QED) is 0.348. The molecular formula is C19H35NO3. The third-order valence-corrected chi connectivity index (χ3v) is 2.91. The number of unbranched alkanes of at least 4 members (excludes halogenated alkanes) is 5. The lowest BCUT2D eigenvalue weighted by molar-refractivity contribution is -0.140. The maximum Gasteiger partial charge on any atom is 0.333 e. The number of amides is 1. The summed E-state index contributed by atoms with van der Waals surface area (Å²) >= 11 is 0. The summed E-state index contributed by atoms with van der Waals surface area (Å²) in [6.45, 7) is 16.0. The molecule has 0 heterocycles. The second kappa shape index (κ2) is 16.8. The predicted molar refractivity (Wildman–Crippen MR) is 97.2 cm³/mol. The largest absolute Gasteiger partial charge is 0.462 e. The molecule has 0 aromatic carbocycles. The molecule has 0 spiro atoms. The molecule has 0 atom stereocenters. The maximum absolute atomic E-state index is 10.7. The third-order valence-electron chi connectivity index (χ3n) is 2.91. The summed E-state index contributed by atoms with van der Waals surface area (Å²) in [6.07, 6.45) is 8.85. The summed E-state index contributed by atoms with van der Waals surface area (Å²) in [4.78, 5) is 21.4. The second-order valence-electron chi connectivity index (χ2n) is 6.04. The Labute approximate surface area is 142 Å². The van der Waals surface area contributed by atoms with E-state index in [4.69, 9.17) is 4.74 Å². The zero-order valence-electron chi connectivity index (χ0n) is 15.5. The van der Waals surface area contributed by atoms with Gasteiger partial charge >= 0.3 is 5.97 Å². The average molecular weight is 325 g/mol. The minimum atomic E-state index is -0.297. The Morgan fingerprint density at radius 3 is 2.17 bits per heavy atom. The van der Waals surface area contributed by atoms with Crippen molar-refractivity contribution >= 4 is 11.9 Å². The Bertz CT molecular complexity index is 349. The average Bonchev–Trinajstić information content (AvgIpc) is 2.51. The monoisotopic (exact) mass is 325 g/mol. The van der Waals surface area contributed by atoms with Gasteiger partial charge in [0.1, 0.15) is 0 Å². The molecule has 0 bridgehead atoms. The number of hydrogen-bond donors (Lipinski definition) is 1. The van der Waals surface area contributed by atoms with Crippen molar-refractivity contribution in [3.05, 3.63) is 24.8 Å². The number of rotatable bonds is 11. The van der Waals surface area contributed by atoms with E-state index in [1.165, 1.54) is 38.2 Å². The van der Waals surface area contributed by atoms with Crippen LogP contribution in [0.4, 0.5) is 0 Å². The van der Waals surface area contributed by atoms with Crippen LogP contribution in [0.15, 0.2) is 24.8 Å². The molecule has 23 heavy (non-hydrogen) atoms. The number of hydrogen-bond acceptors (Lipinski definition) is 3. The predicted octanol–water partition coefficient (Wildman–Crippen LogP) is 4.41. The molecule has 1 N–H and O–H groups in total. The first-order valence-corrected chi connectivity index (χ1v) is 8.58. The van der Waals surface area contributed by atoms with E-state index in [0.29, 0.717) is 18.1 Å². The highest BCUT2D eigenvalue weighted by Gasteiger charge is 2.03. The summed E-state index contributed by atoms with van der Waals surface area (Å²) in [6, 6.07) is 0. The fourth-order valence-corrected chi connectivity index (χ4v) is 1.55. The lowest BCUT2D eigenvalue weighted by atomic mass is 10.1. The lowest BCUT2D eigenvalue weighted by Gasteiger charge is -2.05. The normalized spacial score (nSPS) is 9.61. The maximum atomic E-state index is 10.7. The smallest absolute Gasteiger partial charge is 0.333 e. The van der Waals surface area contributed by atoms with Crippen LogP contribution in [0.25, 0.3) is 0 Å². The van der Waals surface area contributed by atoms with Gasteiger partial charge in [0.25, 0.3) is 0 Å². The molecule has 0 aliphatic carbocycles. The van der Waals surface area contributed by atoms with Gasteiger partial charge in [-0.15, -0.1) is 0 Å². The van der Waals surface area contributed by atoms with Gasteiger partial charge < -0.3 is 10.1 Å². The number of carbonyl (C=O) groups excluding carboxylic acids is 2. The van der Waals surface area contributed by atoms with Crippen molar-refractivity contribution in [1.82, 2.24) is 5.32 Å². The van der Waals surface area contributed by atoms with Crippen LogP contribution in [0, 0.1) is 5.92 Å². The van der Waals surface area contributed by atoms with Crippen LogP contribution < -0.4 is 5.32 Å².